The van der Waals surface area contributed by atoms with E-state index in [1.807, 2.05) is 68.6 Å². The molecule has 2 rings (SSSR count). The second kappa shape index (κ2) is 10.9. The van der Waals surface area contributed by atoms with Crippen LogP contribution in [0.15, 0.2) is 66.8 Å². The summed E-state index contributed by atoms with van der Waals surface area (Å²) in [5, 5.41) is 0. The van der Waals surface area contributed by atoms with Crippen molar-refractivity contribution in [2.45, 2.75) is 31.9 Å². The number of rotatable bonds is 9. The predicted molar refractivity (Wildman–Crippen MR) is 112 cm³/mol. The molecular formula is C23H32N2O2. The number of amides is 1. The largest absolute Gasteiger partial charge is 0.367 e. The first kappa shape index (κ1) is 21.1. The maximum absolute atomic E-state index is 13.2. The van der Waals surface area contributed by atoms with Gasteiger partial charge in [-0.15, -0.1) is 0 Å². The Labute approximate surface area is 163 Å². The molecule has 1 fully saturated rings. The van der Waals surface area contributed by atoms with Crippen LogP contribution in [-0.4, -0.2) is 55.5 Å². The van der Waals surface area contributed by atoms with Crippen molar-refractivity contribution in [3.63, 3.8) is 0 Å². The lowest BCUT2D eigenvalue weighted by molar-refractivity contribution is -0.142. The minimum Gasteiger partial charge on any atom is -0.367 e. The van der Waals surface area contributed by atoms with Crippen LogP contribution >= 0.6 is 0 Å². The van der Waals surface area contributed by atoms with E-state index in [0.717, 1.165) is 30.8 Å². The molecule has 0 aliphatic carbocycles. The highest BCUT2D eigenvalue weighted by atomic mass is 16.5. The van der Waals surface area contributed by atoms with E-state index < -0.39 is 6.10 Å². The third-order valence-electron chi connectivity index (χ3n) is 5.05. The van der Waals surface area contributed by atoms with Crippen molar-refractivity contribution in [2.75, 3.05) is 33.8 Å². The van der Waals surface area contributed by atoms with Crippen LogP contribution in [0.1, 0.15) is 31.4 Å². The molecule has 1 aromatic rings. The quantitative estimate of drug-likeness (QED) is 0.618. The highest BCUT2D eigenvalue weighted by Gasteiger charge is 2.30. The van der Waals surface area contributed by atoms with Crippen molar-refractivity contribution in [2.24, 2.45) is 0 Å². The Morgan fingerprint density at radius 3 is 2.52 bits per heavy atom. The molecule has 1 saturated heterocycles. The Hall–Kier alpha value is -2.17. The molecular weight excluding hydrogens is 336 g/mol. The molecule has 27 heavy (non-hydrogen) atoms. The van der Waals surface area contributed by atoms with Gasteiger partial charge in [-0.05, 0) is 44.0 Å². The highest BCUT2D eigenvalue weighted by molar-refractivity contribution is 5.82. The summed E-state index contributed by atoms with van der Waals surface area (Å²) in [6, 6.07) is 9.56. The first-order valence-corrected chi connectivity index (χ1v) is 9.63. The van der Waals surface area contributed by atoms with Crippen LogP contribution < -0.4 is 0 Å². The molecule has 0 N–H and O–H groups in total. The van der Waals surface area contributed by atoms with E-state index in [9.17, 15) is 4.79 Å². The maximum atomic E-state index is 13.2. The fourth-order valence-electron chi connectivity index (χ4n) is 3.45. The van der Waals surface area contributed by atoms with Crippen LogP contribution in [0.3, 0.4) is 0 Å². The zero-order valence-corrected chi connectivity index (χ0v) is 16.8. The van der Waals surface area contributed by atoms with Gasteiger partial charge in [0.1, 0.15) is 0 Å². The Kier molecular flexibility index (Phi) is 8.49. The van der Waals surface area contributed by atoms with Gasteiger partial charge in [0.15, 0.2) is 6.10 Å². The molecule has 0 radical (unpaired) electrons. The molecule has 4 nitrogen and oxygen atoms in total. The van der Waals surface area contributed by atoms with E-state index in [1.54, 1.807) is 12.0 Å². The van der Waals surface area contributed by atoms with Gasteiger partial charge in [0.2, 0.25) is 0 Å². The van der Waals surface area contributed by atoms with Crippen molar-refractivity contribution in [1.29, 1.82) is 0 Å². The van der Waals surface area contributed by atoms with E-state index in [4.69, 9.17) is 4.74 Å². The predicted octanol–water partition coefficient (Wildman–Crippen LogP) is 3.99. The van der Waals surface area contributed by atoms with E-state index in [1.165, 1.54) is 12.8 Å². The zero-order valence-electron chi connectivity index (χ0n) is 16.8. The number of carbonyl (C=O) groups is 1. The average molecular weight is 369 g/mol. The fraction of sp³-hybridized carbons (Fsp3) is 0.435. The molecule has 1 amide bonds. The number of nitrogens with zero attached hydrogens (tertiary/aromatic N) is 2. The summed E-state index contributed by atoms with van der Waals surface area (Å²) in [5.74, 6) is -0.0477. The van der Waals surface area contributed by atoms with Gasteiger partial charge in [-0.3, -0.25) is 4.79 Å². The first-order valence-electron chi connectivity index (χ1n) is 9.63. The van der Waals surface area contributed by atoms with E-state index >= 15 is 0 Å². The number of likely N-dealkylation sites (N-methyl/N-ethyl adjacent to an activating group) is 1. The smallest absolute Gasteiger partial charge is 0.256 e. The second-order valence-electron chi connectivity index (χ2n) is 6.96. The normalized spacial score (nSPS) is 17.4. The topological polar surface area (TPSA) is 32.8 Å². The molecule has 1 aliphatic rings. The van der Waals surface area contributed by atoms with Crippen molar-refractivity contribution in [3.05, 3.63) is 72.4 Å². The summed E-state index contributed by atoms with van der Waals surface area (Å²) in [6.07, 6.45) is 9.75. The Morgan fingerprint density at radius 1 is 1.26 bits per heavy atom. The minimum atomic E-state index is -0.607. The van der Waals surface area contributed by atoms with Gasteiger partial charge < -0.3 is 14.5 Å². The molecule has 2 atom stereocenters. The van der Waals surface area contributed by atoms with Crippen molar-refractivity contribution < 1.29 is 9.53 Å². The number of allylic oxidation sites excluding steroid dienone is 3. The van der Waals surface area contributed by atoms with Gasteiger partial charge >= 0.3 is 0 Å². The molecule has 0 saturated carbocycles. The molecule has 0 aromatic heterocycles. The standard InChI is InChI=1S/C23H32N2O2/c1-5-6-8-13-19(2)21(18-25-16-11-12-17-25)24(3)23(26)22(27-4)20-14-9-7-10-15-20/h5-10,13-15,21-22H,2,11-12,16-18H2,1,3-4H3. The monoisotopic (exact) mass is 368 g/mol. The Morgan fingerprint density at radius 2 is 1.93 bits per heavy atom. The van der Waals surface area contributed by atoms with Gasteiger partial charge in [-0.2, -0.15) is 0 Å². The third kappa shape index (κ3) is 5.91. The highest BCUT2D eigenvalue weighted by Crippen LogP contribution is 2.23. The van der Waals surface area contributed by atoms with Crippen LogP contribution in [0.5, 0.6) is 0 Å². The van der Waals surface area contributed by atoms with E-state index in [0.29, 0.717) is 0 Å². The third-order valence-corrected chi connectivity index (χ3v) is 5.05. The average Bonchev–Trinajstić information content (AvgIpc) is 3.20. The molecule has 2 unspecified atom stereocenters. The summed E-state index contributed by atoms with van der Waals surface area (Å²) in [5.41, 5.74) is 1.80. The number of hydrogen-bond acceptors (Lipinski definition) is 3. The molecule has 1 heterocycles. The molecule has 4 heteroatoms. The Bertz CT molecular complexity index is 660. The summed E-state index contributed by atoms with van der Waals surface area (Å²) in [6.45, 7) is 9.19. The number of carbonyl (C=O) groups excluding carboxylic acids is 1. The molecule has 146 valence electrons. The summed E-state index contributed by atoms with van der Waals surface area (Å²) in [7, 11) is 3.44. The number of likely N-dealkylation sites (tertiary alicyclic amines) is 1. The number of methoxy groups -OCH3 is 1. The maximum Gasteiger partial charge on any atom is 0.256 e. The van der Waals surface area contributed by atoms with E-state index in [2.05, 4.69) is 11.5 Å². The van der Waals surface area contributed by atoms with Gasteiger partial charge in [0.05, 0.1) is 6.04 Å². The molecule has 0 bridgehead atoms. The Balaban J connectivity index is 2.20. The van der Waals surface area contributed by atoms with Crippen molar-refractivity contribution in [1.82, 2.24) is 9.80 Å². The molecule has 1 aromatic carbocycles. The summed E-state index contributed by atoms with van der Waals surface area (Å²) < 4.78 is 5.55. The van der Waals surface area contributed by atoms with Gasteiger partial charge in [0.25, 0.3) is 5.91 Å². The lowest BCUT2D eigenvalue weighted by Crippen LogP contribution is -2.46. The summed E-state index contributed by atoms with van der Waals surface area (Å²) in [4.78, 5) is 17.4. The van der Waals surface area contributed by atoms with Crippen LogP contribution in [-0.2, 0) is 9.53 Å². The van der Waals surface area contributed by atoms with E-state index in [-0.39, 0.29) is 11.9 Å². The zero-order chi connectivity index (χ0) is 19.6. The number of benzene rings is 1. The van der Waals surface area contributed by atoms with Gasteiger partial charge in [-0.25, -0.2) is 0 Å². The molecule has 0 spiro atoms. The van der Waals surface area contributed by atoms with Crippen molar-refractivity contribution in [3.8, 4) is 0 Å². The fourth-order valence-corrected chi connectivity index (χ4v) is 3.45. The summed E-state index contributed by atoms with van der Waals surface area (Å²) >= 11 is 0. The lowest BCUT2D eigenvalue weighted by atomic mass is 10.0. The first-order chi connectivity index (χ1) is 13.1. The van der Waals surface area contributed by atoms with Crippen molar-refractivity contribution >= 4 is 5.91 Å². The van der Waals surface area contributed by atoms with Gasteiger partial charge in [0, 0.05) is 20.7 Å². The minimum absolute atomic E-state index is 0.0477. The number of ether oxygens (including phenoxy) is 1. The lowest BCUT2D eigenvalue weighted by Gasteiger charge is -2.34. The van der Waals surface area contributed by atoms with Gasteiger partial charge in [-0.1, -0.05) is 61.2 Å². The van der Waals surface area contributed by atoms with Crippen LogP contribution in [0, 0.1) is 0 Å². The SMILES string of the molecule is C=C(C=CC=CC)C(CN1CCCC1)N(C)C(=O)C(OC)c1ccccc1. The molecule has 1 aliphatic heterocycles. The second-order valence-corrected chi connectivity index (χ2v) is 6.96. The van der Waals surface area contributed by atoms with Crippen LogP contribution in [0.4, 0.5) is 0 Å². The van der Waals surface area contributed by atoms with Crippen LogP contribution in [0.25, 0.3) is 0 Å². The van der Waals surface area contributed by atoms with Crippen LogP contribution in [0.2, 0.25) is 0 Å². The number of hydrogen-bond donors (Lipinski definition) is 0.